The molecule has 0 aromatic heterocycles. The summed E-state index contributed by atoms with van der Waals surface area (Å²) in [5.41, 5.74) is 4.65. The first kappa shape index (κ1) is 22.6. The number of amidine groups is 1. The van der Waals surface area contributed by atoms with Crippen LogP contribution in [0.15, 0.2) is 52.4 Å². The largest absolute Gasteiger partial charge is 0.508 e. The number of benzene rings is 2. The fraction of sp³-hybridized carbons (Fsp3) is 0.467. The summed E-state index contributed by atoms with van der Waals surface area (Å²) in [6.07, 6.45) is 10.0. The lowest BCUT2D eigenvalue weighted by molar-refractivity contribution is -0.113. The van der Waals surface area contributed by atoms with Gasteiger partial charge in [-0.3, -0.25) is 4.79 Å². The van der Waals surface area contributed by atoms with Gasteiger partial charge in [-0.2, -0.15) is 4.99 Å². The molecule has 186 valence electrons. The lowest BCUT2D eigenvalue weighted by atomic mass is 9.48. The summed E-state index contributed by atoms with van der Waals surface area (Å²) in [5, 5.41) is 11.5. The second-order valence-corrected chi connectivity index (χ2v) is 12.5. The average Bonchev–Trinajstić information content (AvgIpc) is 3.23. The number of phenols is 1. The number of hydrogen-bond acceptors (Lipinski definition) is 5. The van der Waals surface area contributed by atoms with Crippen LogP contribution in [-0.4, -0.2) is 47.4 Å². The predicted octanol–water partition coefficient (Wildman–Crippen LogP) is 5.83. The van der Waals surface area contributed by atoms with Crippen molar-refractivity contribution in [2.24, 2.45) is 22.7 Å². The Bertz CT molecular complexity index is 1240. The van der Waals surface area contributed by atoms with E-state index in [4.69, 9.17) is 4.74 Å². The summed E-state index contributed by atoms with van der Waals surface area (Å²) in [5.74, 6) is 2.77. The Hall–Kier alpha value is -2.57. The molecular weight excluding hydrogens is 468 g/mol. The molecule has 0 radical (unpaired) electrons. The Morgan fingerprint density at radius 1 is 0.972 bits per heavy atom. The minimum absolute atomic E-state index is 0.173. The number of carbonyl (C=O) groups excluding carboxylic acids is 1. The fourth-order valence-electron chi connectivity index (χ4n) is 7.80. The van der Waals surface area contributed by atoms with E-state index in [1.165, 1.54) is 55.9 Å². The topological polar surface area (TPSA) is 62.1 Å². The first-order valence-electron chi connectivity index (χ1n) is 13.3. The highest BCUT2D eigenvalue weighted by Gasteiger charge is 2.51. The minimum atomic E-state index is -0.173. The molecule has 4 aliphatic carbocycles. The molecule has 5 fully saturated rings. The van der Waals surface area contributed by atoms with Crippen molar-refractivity contribution < 1.29 is 14.6 Å². The van der Waals surface area contributed by atoms with Crippen LogP contribution < -0.4 is 0 Å². The number of rotatable bonds is 3. The van der Waals surface area contributed by atoms with E-state index in [0.29, 0.717) is 23.9 Å². The molecule has 36 heavy (non-hydrogen) atoms. The molecule has 1 saturated heterocycles. The number of aromatic hydroxyl groups is 1. The zero-order chi connectivity index (χ0) is 24.3. The number of hydrogen-bond donors (Lipinski definition) is 1. The van der Waals surface area contributed by atoms with E-state index < -0.39 is 0 Å². The smallest absolute Gasteiger partial charge is 0.286 e. The van der Waals surface area contributed by atoms with Gasteiger partial charge in [0.2, 0.25) is 0 Å². The molecule has 8 rings (SSSR count). The Labute approximate surface area is 216 Å². The van der Waals surface area contributed by atoms with E-state index >= 15 is 0 Å². The van der Waals surface area contributed by atoms with Crippen molar-refractivity contribution in [3.05, 3.63) is 58.5 Å². The number of morpholine rings is 1. The number of carbonyl (C=O) groups is 1. The van der Waals surface area contributed by atoms with Crippen LogP contribution in [0.4, 0.5) is 0 Å². The van der Waals surface area contributed by atoms with Crippen LogP contribution in [0.25, 0.3) is 17.2 Å². The van der Waals surface area contributed by atoms with Crippen molar-refractivity contribution in [1.82, 2.24) is 4.90 Å². The van der Waals surface area contributed by atoms with Crippen molar-refractivity contribution in [3.63, 3.8) is 0 Å². The van der Waals surface area contributed by atoms with E-state index in [1.54, 1.807) is 0 Å². The van der Waals surface area contributed by atoms with Crippen molar-refractivity contribution in [3.8, 4) is 16.9 Å². The van der Waals surface area contributed by atoms with Crippen molar-refractivity contribution in [2.45, 2.75) is 43.9 Å². The summed E-state index contributed by atoms with van der Waals surface area (Å²) in [6, 6.07) is 14.5. The molecule has 0 atom stereocenters. The summed E-state index contributed by atoms with van der Waals surface area (Å²) in [6.45, 7) is 2.88. The van der Waals surface area contributed by atoms with E-state index in [0.717, 1.165) is 52.7 Å². The van der Waals surface area contributed by atoms with Crippen LogP contribution >= 0.6 is 11.8 Å². The maximum atomic E-state index is 12.6. The first-order valence-corrected chi connectivity index (χ1v) is 14.1. The number of amides is 1. The van der Waals surface area contributed by atoms with Gasteiger partial charge in [-0.05, 0) is 120 Å². The molecule has 2 aromatic rings. The number of nitrogens with zero attached hydrogens (tertiary/aromatic N) is 2. The van der Waals surface area contributed by atoms with Crippen LogP contribution in [0.2, 0.25) is 0 Å². The zero-order valence-electron chi connectivity index (χ0n) is 20.5. The lowest BCUT2D eigenvalue weighted by Gasteiger charge is -2.57. The van der Waals surface area contributed by atoms with Crippen molar-refractivity contribution >= 4 is 28.9 Å². The monoisotopic (exact) mass is 500 g/mol. The molecular formula is C30H32N2O3S. The van der Waals surface area contributed by atoms with E-state index in [1.807, 2.05) is 30.3 Å². The van der Waals surface area contributed by atoms with Crippen molar-refractivity contribution in [2.75, 3.05) is 26.3 Å². The van der Waals surface area contributed by atoms with Gasteiger partial charge in [-0.1, -0.05) is 24.3 Å². The van der Waals surface area contributed by atoms with Gasteiger partial charge in [-0.15, -0.1) is 0 Å². The number of phenolic OH excluding ortho intramolecular Hbond substituents is 1. The molecule has 2 aliphatic heterocycles. The van der Waals surface area contributed by atoms with Gasteiger partial charge in [-0.25, -0.2) is 0 Å². The summed E-state index contributed by atoms with van der Waals surface area (Å²) in [4.78, 5) is 19.7. The number of ether oxygens (including phenoxy) is 1. The van der Waals surface area contributed by atoms with Gasteiger partial charge >= 0.3 is 0 Å². The summed E-state index contributed by atoms with van der Waals surface area (Å²) in [7, 11) is 0. The SMILES string of the molecule is O=C1N=C(N2CCOCC2)SC1=Cc1cccc(-c2cc(O)cc(C34CC5CC(CC(C5)C3)C4)c2)c1. The van der Waals surface area contributed by atoms with Gasteiger partial charge in [0.05, 0.1) is 18.1 Å². The van der Waals surface area contributed by atoms with Crippen LogP contribution in [-0.2, 0) is 14.9 Å². The highest BCUT2D eigenvalue weighted by Crippen LogP contribution is 2.61. The normalized spacial score (nSPS) is 32.4. The molecule has 1 amide bonds. The second kappa shape index (κ2) is 8.77. The van der Waals surface area contributed by atoms with Gasteiger partial charge in [0.15, 0.2) is 5.17 Å². The maximum Gasteiger partial charge on any atom is 0.286 e. The third kappa shape index (κ3) is 4.08. The van der Waals surface area contributed by atoms with Crippen molar-refractivity contribution in [1.29, 1.82) is 0 Å². The maximum absolute atomic E-state index is 12.6. The van der Waals surface area contributed by atoms with Crippen LogP contribution in [0.3, 0.4) is 0 Å². The molecule has 6 heteroatoms. The molecule has 0 unspecified atom stereocenters. The highest BCUT2D eigenvalue weighted by atomic mass is 32.2. The minimum Gasteiger partial charge on any atom is -0.508 e. The Morgan fingerprint density at radius 3 is 2.42 bits per heavy atom. The molecule has 0 spiro atoms. The van der Waals surface area contributed by atoms with E-state index in [-0.39, 0.29) is 11.3 Å². The van der Waals surface area contributed by atoms with E-state index in [9.17, 15) is 9.90 Å². The number of thioether (sulfide) groups is 1. The quantitative estimate of drug-likeness (QED) is 0.538. The van der Waals surface area contributed by atoms with E-state index in [2.05, 4.69) is 28.1 Å². The summed E-state index contributed by atoms with van der Waals surface area (Å²) >= 11 is 1.45. The Balaban J connectivity index is 1.16. The Kier molecular flexibility index (Phi) is 5.51. The fourth-order valence-corrected chi connectivity index (χ4v) is 8.76. The number of aliphatic imine (C=N–C) groups is 1. The van der Waals surface area contributed by atoms with Gasteiger partial charge < -0.3 is 14.7 Å². The van der Waals surface area contributed by atoms with Gasteiger partial charge in [0.25, 0.3) is 5.91 Å². The average molecular weight is 501 g/mol. The predicted molar refractivity (Wildman–Crippen MR) is 144 cm³/mol. The molecule has 2 aromatic carbocycles. The van der Waals surface area contributed by atoms with Crippen LogP contribution in [0, 0.1) is 17.8 Å². The van der Waals surface area contributed by atoms with Crippen LogP contribution in [0.1, 0.15) is 49.7 Å². The Morgan fingerprint density at radius 2 is 1.69 bits per heavy atom. The van der Waals surface area contributed by atoms with Crippen LogP contribution in [0.5, 0.6) is 5.75 Å². The standard InChI is InChI=1S/C30H32N2O3S/c33-26-14-24(13-25(15-26)30-16-20-8-21(17-30)10-22(9-20)18-30)23-3-1-2-19(11-23)12-27-28(34)31-29(36-27)32-4-6-35-7-5-32/h1-3,11-15,20-22,33H,4-10,16-18H2. The second-order valence-electron chi connectivity index (χ2n) is 11.5. The molecule has 4 saturated carbocycles. The summed E-state index contributed by atoms with van der Waals surface area (Å²) < 4.78 is 5.43. The molecule has 4 bridgehead atoms. The first-order chi connectivity index (χ1) is 17.5. The third-order valence-corrected chi connectivity index (χ3v) is 10.0. The molecule has 6 aliphatic rings. The highest BCUT2D eigenvalue weighted by molar-refractivity contribution is 8.18. The molecule has 1 N–H and O–H groups in total. The molecule has 5 nitrogen and oxygen atoms in total. The lowest BCUT2D eigenvalue weighted by Crippen LogP contribution is -2.48. The molecule has 2 heterocycles. The van der Waals surface area contributed by atoms with Gasteiger partial charge in [0, 0.05) is 13.1 Å². The zero-order valence-corrected chi connectivity index (χ0v) is 21.3. The van der Waals surface area contributed by atoms with Gasteiger partial charge in [0.1, 0.15) is 5.75 Å². The third-order valence-electron chi connectivity index (χ3n) is 8.98.